The van der Waals surface area contributed by atoms with Gasteiger partial charge in [-0.3, -0.25) is 0 Å². The van der Waals surface area contributed by atoms with E-state index >= 15 is 0 Å². The van der Waals surface area contributed by atoms with Crippen molar-refractivity contribution in [2.45, 2.75) is 13.0 Å². The zero-order chi connectivity index (χ0) is 13.2. The van der Waals surface area contributed by atoms with Gasteiger partial charge in [0, 0.05) is 23.6 Å². The molecule has 0 aliphatic carbocycles. The van der Waals surface area contributed by atoms with Crippen molar-refractivity contribution < 1.29 is 8.42 Å². The highest BCUT2D eigenvalue weighted by Crippen LogP contribution is 2.20. The highest BCUT2D eigenvalue weighted by molar-refractivity contribution is 7.88. The van der Waals surface area contributed by atoms with Crippen LogP contribution in [0.5, 0.6) is 0 Å². The molecule has 0 fully saturated rings. The lowest BCUT2D eigenvalue weighted by molar-refractivity contribution is 0.587. The molecule has 0 saturated heterocycles. The number of fused-ring (bicyclic) bond motifs is 1. The molecule has 1 aromatic heterocycles. The van der Waals surface area contributed by atoms with Gasteiger partial charge in [-0.2, -0.15) is 5.26 Å². The SMILES string of the molecule is CS(=O)(=O)NCc1ccc2[nH]cc(CC#N)c2c1. The molecule has 0 spiro atoms. The van der Waals surface area contributed by atoms with E-state index in [2.05, 4.69) is 15.8 Å². The molecular weight excluding hydrogens is 250 g/mol. The second-order valence-electron chi connectivity index (χ2n) is 4.12. The Bertz CT molecular complexity index is 710. The summed E-state index contributed by atoms with van der Waals surface area (Å²) in [6.07, 6.45) is 3.27. The van der Waals surface area contributed by atoms with E-state index in [0.717, 1.165) is 28.3 Å². The summed E-state index contributed by atoms with van der Waals surface area (Å²) in [5, 5.41) is 9.68. The van der Waals surface area contributed by atoms with E-state index in [-0.39, 0.29) is 6.54 Å². The largest absolute Gasteiger partial charge is 0.361 e. The molecule has 0 unspecified atom stereocenters. The molecule has 2 rings (SSSR count). The average Bonchev–Trinajstić information content (AvgIpc) is 2.69. The molecule has 0 radical (unpaired) electrons. The summed E-state index contributed by atoms with van der Waals surface area (Å²) in [5.74, 6) is 0. The molecule has 0 atom stereocenters. The van der Waals surface area contributed by atoms with Crippen LogP contribution < -0.4 is 4.72 Å². The van der Waals surface area contributed by atoms with Gasteiger partial charge in [-0.15, -0.1) is 0 Å². The van der Waals surface area contributed by atoms with E-state index in [1.54, 1.807) is 0 Å². The van der Waals surface area contributed by atoms with Crippen molar-refractivity contribution in [3.63, 3.8) is 0 Å². The fraction of sp³-hybridized carbons (Fsp3) is 0.250. The van der Waals surface area contributed by atoms with Crippen LogP contribution in [0.4, 0.5) is 0 Å². The minimum atomic E-state index is -3.19. The Labute approximate surface area is 105 Å². The first-order chi connectivity index (χ1) is 8.49. The Morgan fingerprint density at radius 2 is 2.22 bits per heavy atom. The summed E-state index contributed by atoms with van der Waals surface area (Å²) in [5.41, 5.74) is 2.74. The van der Waals surface area contributed by atoms with Crippen LogP contribution in [0.3, 0.4) is 0 Å². The lowest BCUT2D eigenvalue weighted by atomic mass is 10.1. The number of aromatic amines is 1. The highest BCUT2D eigenvalue weighted by Gasteiger charge is 2.06. The van der Waals surface area contributed by atoms with Gasteiger partial charge in [0.05, 0.1) is 18.7 Å². The zero-order valence-corrected chi connectivity index (χ0v) is 10.7. The number of hydrogen-bond acceptors (Lipinski definition) is 3. The van der Waals surface area contributed by atoms with Crippen LogP contribution in [0.2, 0.25) is 0 Å². The molecule has 0 amide bonds. The van der Waals surface area contributed by atoms with Gasteiger partial charge in [-0.25, -0.2) is 13.1 Å². The summed E-state index contributed by atoms with van der Waals surface area (Å²) in [4.78, 5) is 3.08. The van der Waals surface area contributed by atoms with E-state index in [0.29, 0.717) is 6.42 Å². The van der Waals surface area contributed by atoms with E-state index in [1.807, 2.05) is 24.4 Å². The van der Waals surface area contributed by atoms with Crippen molar-refractivity contribution in [2.24, 2.45) is 0 Å². The third-order valence-electron chi connectivity index (χ3n) is 2.64. The van der Waals surface area contributed by atoms with Gasteiger partial charge in [-0.1, -0.05) is 6.07 Å². The molecule has 1 heterocycles. The molecule has 0 aliphatic rings. The van der Waals surface area contributed by atoms with Crippen molar-refractivity contribution in [2.75, 3.05) is 6.26 Å². The highest BCUT2D eigenvalue weighted by atomic mass is 32.2. The molecule has 1 aromatic carbocycles. The first-order valence-corrected chi connectivity index (χ1v) is 7.29. The Morgan fingerprint density at radius 1 is 1.44 bits per heavy atom. The van der Waals surface area contributed by atoms with Crippen molar-refractivity contribution >= 4 is 20.9 Å². The molecule has 2 N–H and O–H groups in total. The number of aromatic nitrogens is 1. The first kappa shape index (κ1) is 12.6. The summed E-state index contributed by atoms with van der Waals surface area (Å²) < 4.78 is 24.5. The van der Waals surface area contributed by atoms with Crippen LogP contribution in [0.15, 0.2) is 24.4 Å². The van der Waals surface area contributed by atoms with Crippen LogP contribution in [0.1, 0.15) is 11.1 Å². The third kappa shape index (κ3) is 2.88. The Balaban J connectivity index is 2.31. The number of benzene rings is 1. The predicted molar refractivity (Wildman–Crippen MR) is 69.3 cm³/mol. The van der Waals surface area contributed by atoms with Crippen molar-refractivity contribution in [3.8, 4) is 6.07 Å². The van der Waals surface area contributed by atoms with E-state index in [1.165, 1.54) is 0 Å². The van der Waals surface area contributed by atoms with E-state index in [4.69, 9.17) is 5.26 Å². The smallest absolute Gasteiger partial charge is 0.209 e. The fourth-order valence-electron chi connectivity index (χ4n) is 1.78. The molecule has 6 heteroatoms. The number of sulfonamides is 1. The minimum absolute atomic E-state index is 0.256. The summed E-state index contributed by atoms with van der Waals surface area (Å²) in [6, 6.07) is 7.74. The second-order valence-corrected chi connectivity index (χ2v) is 5.96. The monoisotopic (exact) mass is 263 g/mol. The van der Waals surface area contributed by atoms with Gasteiger partial charge in [0.1, 0.15) is 0 Å². The van der Waals surface area contributed by atoms with E-state index in [9.17, 15) is 8.42 Å². The Hall–Kier alpha value is -1.84. The van der Waals surface area contributed by atoms with Gasteiger partial charge in [0.2, 0.25) is 10.0 Å². The Morgan fingerprint density at radius 3 is 2.89 bits per heavy atom. The van der Waals surface area contributed by atoms with Crippen LogP contribution >= 0.6 is 0 Å². The van der Waals surface area contributed by atoms with Crippen molar-refractivity contribution in [3.05, 3.63) is 35.5 Å². The first-order valence-electron chi connectivity index (χ1n) is 5.40. The van der Waals surface area contributed by atoms with Crippen LogP contribution in [0.25, 0.3) is 10.9 Å². The molecule has 18 heavy (non-hydrogen) atoms. The number of H-pyrrole nitrogens is 1. The van der Waals surface area contributed by atoms with E-state index < -0.39 is 10.0 Å². The average molecular weight is 263 g/mol. The summed E-state index contributed by atoms with van der Waals surface area (Å²) in [6.45, 7) is 0.256. The number of nitrogens with zero attached hydrogens (tertiary/aromatic N) is 1. The van der Waals surface area contributed by atoms with Gasteiger partial charge in [0.25, 0.3) is 0 Å². The quantitative estimate of drug-likeness (QED) is 0.871. The molecule has 0 saturated carbocycles. The lowest BCUT2D eigenvalue weighted by Gasteiger charge is -2.03. The van der Waals surface area contributed by atoms with Crippen LogP contribution in [0, 0.1) is 11.3 Å². The van der Waals surface area contributed by atoms with Gasteiger partial charge in [0.15, 0.2) is 0 Å². The van der Waals surface area contributed by atoms with Crippen LogP contribution in [-0.4, -0.2) is 19.7 Å². The maximum Gasteiger partial charge on any atom is 0.209 e. The maximum absolute atomic E-state index is 11.0. The van der Waals surface area contributed by atoms with Gasteiger partial charge < -0.3 is 4.98 Å². The lowest BCUT2D eigenvalue weighted by Crippen LogP contribution is -2.21. The molecule has 0 aliphatic heterocycles. The third-order valence-corrected chi connectivity index (χ3v) is 3.31. The second kappa shape index (κ2) is 4.80. The predicted octanol–water partition coefficient (Wildman–Crippen LogP) is 1.28. The molecular formula is C12H13N3O2S. The fourth-order valence-corrected chi connectivity index (χ4v) is 2.21. The number of nitriles is 1. The number of hydrogen-bond donors (Lipinski definition) is 2. The van der Waals surface area contributed by atoms with Crippen molar-refractivity contribution in [1.82, 2.24) is 9.71 Å². The molecule has 0 bridgehead atoms. The molecule has 5 nitrogen and oxygen atoms in total. The summed E-state index contributed by atoms with van der Waals surface area (Å²) >= 11 is 0. The topological polar surface area (TPSA) is 85.8 Å². The summed E-state index contributed by atoms with van der Waals surface area (Å²) in [7, 11) is -3.19. The van der Waals surface area contributed by atoms with Crippen molar-refractivity contribution in [1.29, 1.82) is 5.26 Å². The number of rotatable bonds is 4. The standard InChI is InChI=1S/C12H13N3O2S/c1-18(16,17)15-7-9-2-3-12-11(6-9)10(4-5-13)8-14-12/h2-3,6,8,14-15H,4,7H2,1H3. The van der Waals surface area contributed by atoms with Gasteiger partial charge >= 0.3 is 0 Å². The molecule has 94 valence electrons. The minimum Gasteiger partial charge on any atom is -0.361 e. The number of nitrogens with one attached hydrogen (secondary N) is 2. The van der Waals surface area contributed by atoms with Crippen LogP contribution in [-0.2, 0) is 23.0 Å². The Kier molecular flexibility index (Phi) is 3.36. The molecule has 2 aromatic rings. The van der Waals surface area contributed by atoms with Gasteiger partial charge in [-0.05, 0) is 23.3 Å². The maximum atomic E-state index is 11.0. The normalized spacial score (nSPS) is 11.6. The zero-order valence-electron chi connectivity index (χ0n) is 9.90.